The fourth-order valence-electron chi connectivity index (χ4n) is 3.21. The first-order chi connectivity index (χ1) is 12.2. The molecule has 2 N–H and O–H groups in total. The van der Waals surface area contributed by atoms with Gasteiger partial charge in [0.1, 0.15) is 23.3 Å². The molecule has 0 aliphatic carbocycles. The van der Waals surface area contributed by atoms with Crippen LogP contribution in [0.25, 0.3) is 0 Å². The van der Waals surface area contributed by atoms with Crippen molar-refractivity contribution in [2.24, 2.45) is 11.0 Å². The van der Waals surface area contributed by atoms with Gasteiger partial charge in [-0.2, -0.15) is 5.10 Å². The smallest absolute Gasteiger partial charge is 0.407 e. The summed E-state index contributed by atoms with van der Waals surface area (Å²) in [5, 5.41) is 6.80. The maximum atomic E-state index is 14.0. The van der Waals surface area contributed by atoms with E-state index in [1.165, 1.54) is 12.1 Å². The third kappa shape index (κ3) is 4.45. The van der Waals surface area contributed by atoms with Gasteiger partial charge in [0.15, 0.2) is 0 Å². The molecule has 2 aliphatic rings. The number of hydrazone groups is 1. The molecule has 2 aliphatic heterocycles. The number of amides is 1. The zero-order valence-electron chi connectivity index (χ0n) is 15.6. The number of nitrogens with zero attached hydrogens (tertiary/aromatic N) is 1. The van der Waals surface area contributed by atoms with Crippen molar-refractivity contribution in [3.05, 3.63) is 29.1 Å². The number of rotatable bonds is 4. The molecule has 0 fully saturated rings. The van der Waals surface area contributed by atoms with Crippen LogP contribution in [0.15, 0.2) is 17.2 Å². The van der Waals surface area contributed by atoms with E-state index in [1.807, 2.05) is 33.9 Å². The number of hydrogen-bond donors (Lipinski definition) is 2. The number of hydrogen-bond acceptors (Lipinski definition) is 5. The molecule has 2 heterocycles. The van der Waals surface area contributed by atoms with Crippen molar-refractivity contribution in [2.45, 2.75) is 58.3 Å². The highest BCUT2D eigenvalue weighted by Gasteiger charge is 2.29. The van der Waals surface area contributed by atoms with Crippen LogP contribution < -0.4 is 15.5 Å². The summed E-state index contributed by atoms with van der Waals surface area (Å²) in [6, 6.07) is 3.25. The Morgan fingerprint density at radius 1 is 1.46 bits per heavy atom. The minimum atomic E-state index is -0.548. The normalized spacial score (nSPS) is 24.0. The standard InChI is InChI=1S/C19H26FN3O3/c1-11-14(9-22-23-11)5-12-6-15(20)7-13-8-16(25-17(12)13)10-21-18(24)26-19(2,3)4/h6-7,9,11,14,16,23H,5,8,10H2,1-4H3,(H,21,24)/t11-,14?,16?/m1/s1. The molecule has 142 valence electrons. The SMILES string of the molecule is C[C@H]1NN=CC1Cc1cc(F)cc2c1OC(CNC(=O)OC(C)(C)C)C2. The summed E-state index contributed by atoms with van der Waals surface area (Å²) in [6.45, 7) is 7.79. The highest BCUT2D eigenvalue weighted by Crippen LogP contribution is 2.35. The van der Waals surface area contributed by atoms with Gasteiger partial charge in [0.25, 0.3) is 0 Å². The lowest BCUT2D eigenvalue weighted by Gasteiger charge is -2.21. The Hall–Kier alpha value is -2.31. The van der Waals surface area contributed by atoms with E-state index in [0.29, 0.717) is 19.4 Å². The number of nitrogens with one attached hydrogen (secondary N) is 2. The minimum Gasteiger partial charge on any atom is -0.488 e. The van der Waals surface area contributed by atoms with Gasteiger partial charge in [-0.25, -0.2) is 9.18 Å². The van der Waals surface area contributed by atoms with E-state index in [4.69, 9.17) is 9.47 Å². The summed E-state index contributed by atoms with van der Waals surface area (Å²) in [7, 11) is 0. The largest absolute Gasteiger partial charge is 0.488 e. The fourth-order valence-corrected chi connectivity index (χ4v) is 3.21. The molecule has 6 nitrogen and oxygen atoms in total. The molecular weight excluding hydrogens is 337 g/mol. The molecule has 0 saturated heterocycles. The van der Waals surface area contributed by atoms with Crippen molar-refractivity contribution in [1.82, 2.24) is 10.7 Å². The Labute approximate surface area is 153 Å². The second-order valence-corrected chi connectivity index (χ2v) is 7.94. The molecule has 1 amide bonds. The van der Waals surface area contributed by atoms with Crippen molar-refractivity contribution in [3.63, 3.8) is 0 Å². The van der Waals surface area contributed by atoms with Crippen LogP contribution in [0.1, 0.15) is 38.8 Å². The lowest BCUT2D eigenvalue weighted by atomic mass is 9.93. The van der Waals surface area contributed by atoms with Crippen LogP contribution in [-0.4, -0.2) is 36.6 Å². The van der Waals surface area contributed by atoms with Crippen LogP contribution in [0.4, 0.5) is 9.18 Å². The molecular formula is C19H26FN3O3. The van der Waals surface area contributed by atoms with Gasteiger partial charge in [0, 0.05) is 30.2 Å². The molecule has 0 radical (unpaired) electrons. The van der Waals surface area contributed by atoms with Crippen LogP contribution in [-0.2, 0) is 17.6 Å². The molecule has 1 aromatic rings. The number of halogens is 1. The minimum absolute atomic E-state index is 0.198. The maximum absolute atomic E-state index is 14.0. The monoisotopic (exact) mass is 363 g/mol. The molecule has 0 saturated carbocycles. The number of ether oxygens (including phenoxy) is 2. The van der Waals surface area contributed by atoms with E-state index < -0.39 is 11.7 Å². The second kappa shape index (κ2) is 7.13. The molecule has 0 spiro atoms. The Morgan fingerprint density at radius 2 is 2.23 bits per heavy atom. The van der Waals surface area contributed by atoms with E-state index in [-0.39, 0.29) is 23.9 Å². The van der Waals surface area contributed by atoms with Gasteiger partial charge in [-0.15, -0.1) is 0 Å². The van der Waals surface area contributed by atoms with Gasteiger partial charge in [-0.3, -0.25) is 0 Å². The van der Waals surface area contributed by atoms with Crippen LogP contribution in [0.3, 0.4) is 0 Å². The summed E-state index contributed by atoms with van der Waals surface area (Å²) in [5.41, 5.74) is 4.14. The third-order valence-corrected chi connectivity index (χ3v) is 4.45. The van der Waals surface area contributed by atoms with Crippen LogP contribution >= 0.6 is 0 Å². The summed E-state index contributed by atoms with van der Waals surface area (Å²) < 4.78 is 25.3. The Kier molecular flexibility index (Phi) is 5.07. The summed E-state index contributed by atoms with van der Waals surface area (Å²) >= 11 is 0. The number of carbonyl (C=O) groups is 1. The first-order valence-corrected chi connectivity index (χ1v) is 8.95. The quantitative estimate of drug-likeness (QED) is 0.863. The molecule has 3 atom stereocenters. The average Bonchev–Trinajstić information content (AvgIpc) is 3.10. The zero-order valence-corrected chi connectivity index (χ0v) is 15.6. The predicted molar refractivity (Wildman–Crippen MR) is 97.0 cm³/mol. The Balaban J connectivity index is 1.63. The fraction of sp³-hybridized carbons (Fsp3) is 0.579. The van der Waals surface area contributed by atoms with Crippen molar-refractivity contribution >= 4 is 12.3 Å². The molecule has 26 heavy (non-hydrogen) atoms. The average molecular weight is 363 g/mol. The highest BCUT2D eigenvalue weighted by atomic mass is 19.1. The van der Waals surface area contributed by atoms with E-state index in [1.54, 1.807) is 0 Å². The van der Waals surface area contributed by atoms with Gasteiger partial charge in [-0.05, 0) is 51.8 Å². The third-order valence-electron chi connectivity index (χ3n) is 4.45. The molecule has 2 unspecified atom stereocenters. The van der Waals surface area contributed by atoms with E-state index >= 15 is 0 Å². The van der Waals surface area contributed by atoms with Gasteiger partial charge in [0.2, 0.25) is 0 Å². The maximum Gasteiger partial charge on any atom is 0.407 e. The highest BCUT2D eigenvalue weighted by molar-refractivity contribution is 5.67. The zero-order chi connectivity index (χ0) is 18.9. The summed E-state index contributed by atoms with van der Waals surface area (Å²) in [5.74, 6) is 0.664. The van der Waals surface area contributed by atoms with Gasteiger partial charge < -0.3 is 20.2 Å². The molecule has 3 rings (SSSR count). The molecule has 0 bridgehead atoms. The molecule has 1 aromatic carbocycles. The van der Waals surface area contributed by atoms with Crippen molar-refractivity contribution in [2.75, 3.05) is 6.54 Å². The molecule has 0 aromatic heterocycles. The topological polar surface area (TPSA) is 72.0 Å². The Bertz CT molecular complexity index is 715. The summed E-state index contributed by atoms with van der Waals surface area (Å²) in [4.78, 5) is 11.8. The second-order valence-electron chi connectivity index (χ2n) is 7.94. The van der Waals surface area contributed by atoms with Crippen molar-refractivity contribution < 1.29 is 18.7 Å². The van der Waals surface area contributed by atoms with Gasteiger partial charge >= 0.3 is 6.09 Å². The lowest BCUT2D eigenvalue weighted by Crippen LogP contribution is -2.38. The van der Waals surface area contributed by atoms with Crippen molar-refractivity contribution in [1.29, 1.82) is 0 Å². The lowest BCUT2D eigenvalue weighted by molar-refractivity contribution is 0.0506. The van der Waals surface area contributed by atoms with E-state index in [2.05, 4.69) is 15.8 Å². The molecule has 7 heteroatoms. The number of alkyl carbamates (subject to hydrolysis) is 1. The summed E-state index contributed by atoms with van der Waals surface area (Å²) in [6.07, 6.45) is 2.36. The van der Waals surface area contributed by atoms with E-state index in [9.17, 15) is 9.18 Å². The first-order valence-electron chi connectivity index (χ1n) is 8.95. The Morgan fingerprint density at radius 3 is 2.88 bits per heavy atom. The van der Waals surface area contributed by atoms with Crippen LogP contribution in [0.5, 0.6) is 5.75 Å². The first kappa shape index (κ1) is 18.5. The van der Waals surface area contributed by atoms with Gasteiger partial charge in [-0.1, -0.05) is 0 Å². The van der Waals surface area contributed by atoms with Crippen molar-refractivity contribution in [3.8, 4) is 5.75 Å². The van der Waals surface area contributed by atoms with Gasteiger partial charge in [0.05, 0.1) is 6.54 Å². The van der Waals surface area contributed by atoms with Crippen LogP contribution in [0.2, 0.25) is 0 Å². The predicted octanol–water partition coefficient (Wildman–Crippen LogP) is 2.79. The van der Waals surface area contributed by atoms with E-state index in [0.717, 1.165) is 16.9 Å². The number of fused-ring (bicyclic) bond motifs is 1. The number of benzene rings is 1. The van der Waals surface area contributed by atoms with Crippen LogP contribution in [0, 0.1) is 11.7 Å². The number of carbonyl (C=O) groups excluding carboxylic acids is 1.